The number of rotatable bonds is 13. The van der Waals surface area contributed by atoms with Crippen LogP contribution in [0.15, 0.2) is 138 Å². The van der Waals surface area contributed by atoms with Gasteiger partial charge in [0.2, 0.25) is 11.6 Å². The predicted molar refractivity (Wildman–Crippen MR) is 193 cm³/mol. The second kappa shape index (κ2) is 14.9. The molecule has 0 aliphatic heterocycles. The number of hydrogen-bond donors (Lipinski definition) is 1. The Bertz CT molecular complexity index is 2240. The number of aromatic carboxylic acids is 1. The van der Waals surface area contributed by atoms with Crippen LogP contribution in [0.3, 0.4) is 0 Å². The second-order valence-corrected chi connectivity index (χ2v) is 12.0. The van der Waals surface area contributed by atoms with E-state index in [0.717, 1.165) is 28.1 Å². The first kappa shape index (κ1) is 32.9. The van der Waals surface area contributed by atoms with E-state index >= 15 is 0 Å². The number of carbonyl (C=O) groups is 1. The Labute approximate surface area is 295 Å². The molecule has 5 aromatic carbocycles. The van der Waals surface area contributed by atoms with Crippen LogP contribution in [0, 0.1) is 13.8 Å². The molecule has 9 nitrogen and oxygen atoms in total. The van der Waals surface area contributed by atoms with Crippen LogP contribution in [0.5, 0.6) is 17.2 Å². The second-order valence-electron chi connectivity index (χ2n) is 12.0. The van der Waals surface area contributed by atoms with Gasteiger partial charge in [0.1, 0.15) is 19.8 Å². The highest BCUT2D eigenvalue weighted by Crippen LogP contribution is 2.46. The number of nitrogens with zero attached hydrogens (tertiary/aromatic N) is 3. The summed E-state index contributed by atoms with van der Waals surface area (Å²) in [5.74, 6) is 0.659. The number of aromatic nitrogens is 3. The molecule has 1 N–H and O–H groups in total. The van der Waals surface area contributed by atoms with E-state index in [9.17, 15) is 9.90 Å². The molecule has 9 heteroatoms. The van der Waals surface area contributed by atoms with Crippen molar-refractivity contribution >= 4 is 5.97 Å². The summed E-state index contributed by atoms with van der Waals surface area (Å²) >= 11 is 0. The van der Waals surface area contributed by atoms with E-state index in [2.05, 4.69) is 10.2 Å². The first-order valence-electron chi connectivity index (χ1n) is 16.5. The topological polar surface area (TPSA) is 109 Å². The van der Waals surface area contributed by atoms with Gasteiger partial charge in [-0.25, -0.2) is 4.79 Å². The summed E-state index contributed by atoms with van der Waals surface area (Å²) in [5, 5.41) is 18.8. The standard InChI is InChI=1S/C42H35N3O6/c1-28-18-19-29(2)45(28)36-24-33(20-21-34(36)42(46)47)40-43-44-41(51-40)35-22-23-37(48-25-30-12-6-3-7-13-30)39(50-27-32-16-10-5-11-17-32)38(35)49-26-31-14-8-4-9-15-31/h3-24H,25-27H2,1-2H3,(H,46,47). The maximum Gasteiger partial charge on any atom is 0.337 e. The highest BCUT2D eigenvalue weighted by molar-refractivity contribution is 5.93. The fourth-order valence-corrected chi connectivity index (χ4v) is 5.83. The fraction of sp³-hybridized carbons (Fsp3) is 0.119. The third kappa shape index (κ3) is 7.38. The number of carboxylic acids is 1. The molecule has 2 heterocycles. The molecule has 0 aliphatic carbocycles. The molecule has 0 bridgehead atoms. The van der Waals surface area contributed by atoms with E-state index in [0.29, 0.717) is 40.7 Å². The van der Waals surface area contributed by atoms with Crippen molar-refractivity contribution in [2.75, 3.05) is 0 Å². The third-order valence-corrected chi connectivity index (χ3v) is 8.41. The number of aryl methyl sites for hydroxylation is 2. The van der Waals surface area contributed by atoms with Crippen LogP contribution in [0.1, 0.15) is 38.4 Å². The van der Waals surface area contributed by atoms with Gasteiger partial charge in [-0.05, 0) is 73.0 Å². The molecule has 0 unspecified atom stereocenters. The van der Waals surface area contributed by atoms with Gasteiger partial charge in [0, 0.05) is 17.0 Å². The Morgan fingerprint density at radius 3 is 1.73 bits per heavy atom. The molecule has 0 radical (unpaired) electrons. The van der Waals surface area contributed by atoms with Crippen LogP contribution in [-0.4, -0.2) is 25.8 Å². The van der Waals surface area contributed by atoms with Crippen molar-refractivity contribution in [1.29, 1.82) is 0 Å². The molecule has 0 amide bonds. The Hall–Kier alpha value is -6.61. The molecule has 0 saturated carbocycles. The lowest BCUT2D eigenvalue weighted by Crippen LogP contribution is -2.08. The van der Waals surface area contributed by atoms with E-state index in [4.69, 9.17) is 18.6 Å². The van der Waals surface area contributed by atoms with E-state index < -0.39 is 5.97 Å². The van der Waals surface area contributed by atoms with E-state index in [1.165, 1.54) is 0 Å². The van der Waals surface area contributed by atoms with Gasteiger partial charge in [0.05, 0.1) is 16.8 Å². The Morgan fingerprint density at radius 1 is 0.627 bits per heavy atom. The van der Waals surface area contributed by atoms with Crippen LogP contribution >= 0.6 is 0 Å². The van der Waals surface area contributed by atoms with E-state index in [1.54, 1.807) is 18.2 Å². The third-order valence-electron chi connectivity index (χ3n) is 8.41. The zero-order chi connectivity index (χ0) is 35.2. The zero-order valence-corrected chi connectivity index (χ0v) is 28.2. The van der Waals surface area contributed by atoms with Crippen molar-refractivity contribution in [1.82, 2.24) is 14.8 Å². The molecular weight excluding hydrogens is 642 g/mol. The van der Waals surface area contributed by atoms with Gasteiger partial charge < -0.3 is 28.3 Å². The van der Waals surface area contributed by atoms with Gasteiger partial charge >= 0.3 is 5.97 Å². The van der Waals surface area contributed by atoms with E-state index in [1.807, 2.05) is 134 Å². The van der Waals surface area contributed by atoms with Gasteiger partial charge in [0.15, 0.2) is 11.5 Å². The van der Waals surface area contributed by atoms with Gasteiger partial charge in [-0.2, -0.15) is 0 Å². The number of ether oxygens (including phenoxy) is 3. The Balaban J connectivity index is 1.30. The van der Waals surface area contributed by atoms with Crippen LogP contribution in [0.4, 0.5) is 0 Å². The number of hydrogen-bond acceptors (Lipinski definition) is 7. The molecule has 0 saturated heterocycles. The first-order chi connectivity index (χ1) is 24.9. The minimum atomic E-state index is -1.03. The quantitative estimate of drug-likeness (QED) is 0.129. The Kier molecular flexibility index (Phi) is 9.60. The van der Waals surface area contributed by atoms with Crippen molar-refractivity contribution in [2.45, 2.75) is 33.7 Å². The average molecular weight is 678 g/mol. The molecule has 7 aromatic rings. The van der Waals surface area contributed by atoms with Crippen molar-refractivity contribution in [2.24, 2.45) is 0 Å². The van der Waals surface area contributed by atoms with Crippen LogP contribution < -0.4 is 14.2 Å². The molecule has 254 valence electrons. The lowest BCUT2D eigenvalue weighted by Gasteiger charge is -2.19. The van der Waals surface area contributed by atoms with Crippen molar-refractivity contribution in [3.8, 4) is 45.8 Å². The molecule has 0 fully saturated rings. The maximum atomic E-state index is 12.2. The highest BCUT2D eigenvalue weighted by Gasteiger charge is 2.25. The zero-order valence-electron chi connectivity index (χ0n) is 28.2. The molecule has 0 aliphatic rings. The largest absolute Gasteiger partial charge is 0.485 e. The maximum absolute atomic E-state index is 12.2. The molecule has 2 aromatic heterocycles. The SMILES string of the molecule is Cc1ccc(C)n1-c1cc(-c2nnc(-c3ccc(OCc4ccccc4)c(OCc4ccccc4)c3OCc3ccccc3)o2)ccc1C(=O)O. The monoisotopic (exact) mass is 677 g/mol. The van der Waals surface area contributed by atoms with E-state index in [-0.39, 0.29) is 30.6 Å². The van der Waals surface area contributed by atoms with Crippen molar-refractivity contribution < 1.29 is 28.5 Å². The number of carboxylic acid groups (broad SMARTS) is 1. The van der Waals surface area contributed by atoms with Crippen molar-refractivity contribution in [3.63, 3.8) is 0 Å². The van der Waals surface area contributed by atoms with Gasteiger partial charge in [-0.1, -0.05) is 91.0 Å². The molecule has 51 heavy (non-hydrogen) atoms. The summed E-state index contributed by atoms with van der Waals surface area (Å²) in [5.41, 5.74) is 6.47. The Morgan fingerprint density at radius 2 is 1.16 bits per heavy atom. The molecular formula is C42H35N3O6. The van der Waals surface area contributed by atoms with Crippen molar-refractivity contribution in [3.05, 3.63) is 167 Å². The van der Waals surface area contributed by atoms with Crippen LogP contribution in [0.2, 0.25) is 0 Å². The van der Waals surface area contributed by atoms with Gasteiger partial charge in [0.25, 0.3) is 5.89 Å². The molecule has 0 spiro atoms. The number of benzene rings is 5. The summed E-state index contributed by atoms with van der Waals surface area (Å²) < 4.78 is 27.6. The molecule has 7 rings (SSSR count). The van der Waals surface area contributed by atoms with Gasteiger partial charge in [-0.15, -0.1) is 10.2 Å². The first-order valence-corrected chi connectivity index (χ1v) is 16.5. The van der Waals surface area contributed by atoms with Crippen LogP contribution in [-0.2, 0) is 19.8 Å². The minimum Gasteiger partial charge on any atom is -0.485 e. The fourth-order valence-electron chi connectivity index (χ4n) is 5.83. The highest BCUT2D eigenvalue weighted by atomic mass is 16.5. The van der Waals surface area contributed by atoms with Crippen LogP contribution in [0.25, 0.3) is 28.6 Å². The lowest BCUT2D eigenvalue weighted by molar-refractivity contribution is 0.0697. The smallest absolute Gasteiger partial charge is 0.337 e. The lowest BCUT2D eigenvalue weighted by atomic mass is 10.1. The minimum absolute atomic E-state index is 0.156. The average Bonchev–Trinajstić information content (AvgIpc) is 3.79. The summed E-state index contributed by atoms with van der Waals surface area (Å²) in [6.45, 7) is 4.68. The summed E-state index contributed by atoms with van der Waals surface area (Å²) in [7, 11) is 0. The van der Waals surface area contributed by atoms with Gasteiger partial charge in [-0.3, -0.25) is 0 Å². The summed E-state index contributed by atoms with van der Waals surface area (Å²) in [6.07, 6.45) is 0. The predicted octanol–water partition coefficient (Wildman–Crippen LogP) is 9.25. The normalized spacial score (nSPS) is 10.9. The molecule has 0 atom stereocenters. The summed E-state index contributed by atoms with van der Waals surface area (Å²) in [4.78, 5) is 12.2. The summed E-state index contributed by atoms with van der Waals surface area (Å²) in [6, 6.07) is 42.1.